The van der Waals surface area contributed by atoms with Crippen molar-refractivity contribution in [3.05, 3.63) is 68.7 Å². The maximum Gasteiger partial charge on any atom is 0.224 e. The van der Waals surface area contributed by atoms with E-state index < -0.39 is 0 Å². The molecular weight excluding hydrogens is 465 g/mol. The van der Waals surface area contributed by atoms with E-state index >= 15 is 0 Å². The Morgan fingerprint density at radius 3 is 2.26 bits per heavy atom. The molecule has 1 atom stereocenters. The van der Waals surface area contributed by atoms with Crippen LogP contribution in [0.25, 0.3) is 0 Å². The van der Waals surface area contributed by atoms with E-state index in [1.165, 1.54) is 56.3 Å². The van der Waals surface area contributed by atoms with E-state index in [1.54, 1.807) is 0 Å². The third-order valence-electron chi connectivity index (χ3n) is 7.31. The van der Waals surface area contributed by atoms with Crippen molar-refractivity contribution in [2.45, 2.75) is 64.5 Å². The molecule has 2 aliphatic heterocycles. The topological polar surface area (TPSA) is 35.6 Å². The standard InChI is InChI=1S/C28H37Cl2N3O/c1-20-14-21(2)16-22(15-20)17-28(34)31-19-27(23-6-7-25(29)26(30)18-23)33-12-8-24(9-13-33)32-10-4-3-5-11-32/h6-7,14-16,18,24,27H,3-5,8-13,17,19H2,1-2H3,(H,31,34). The molecule has 2 aromatic carbocycles. The number of nitrogens with one attached hydrogen (secondary N) is 1. The number of hydrogen-bond donors (Lipinski definition) is 1. The summed E-state index contributed by atoms with van der Waals surface area (Å²) < 4.78 is 0. The predicted octanol–water partition coefficient (Wildman–Crippen LogP) is 5.96. The van der Waals surface area contributed by atoms with Gasteiger partial charge in [0, 0.05) is 25.7 Å². The number of carbonyl (C=O) groups excluding carboxylic acids is 1. The number of piperidine rings is 2. The maximum absolute atomic E-state index is 12.8. The predicted molar refractivity (Wildman–Crippen MR) is 142 cm³/mol. The first kappa shape index (κ1) is 25.5. The van der Waals surface area contributed by atoms with Crippen LogP contribution < -0.4 is 5.32 Å². The van der Waals surface area contributed by atoms with Gasteiger partial charge in [-0.2, -0.15) is 0 Å². The number of aryl methyl sites for hydroxylation is 2. The summed E-state index contributed by atoms with van der Waals surface area (Å²) in [7, 11) is 0. The van der Waals surface area contributed by atoms with Crippen molar-refractivity contribution in [3.8, 4) is 0 Å². The summed E-state index contributed by atoms with van der Waals surface area (Å²) in [6.07, 6.45) is 6.78. The molecule has 6 heteroatoms. The van der Waals surface area contributed by atoms with Gasteiger partial charge in [0.15, 0.2) is 0 Å². The fraction of sp³-hybridized carbons (Fsp3) is 0.536. The summed E-state index contributed by atoms with van der Waals surface area (Å²) in [4.78, 5) is 18.1. The van der Waals surface area contributed by atoms with Crippen LogP contribution in [0.5, 0.6) is 0 Å². The Bertz CT molecular complexity index is 961. The molecule has 2 fully saturated rings. The van der Waals surface area contributed by atoms with Crippen molar-refractivity contribution in [1.82, 2.24) is 15.1 Å². The van der Waals surface area contributed by atoms with Gasteiger partial charge in [-0.15, -0.1) is 0 Å². The van der Waals surface area contributed by atoms with Crippen LogP contribution in [-0.4, -0.2) is 54.5 Å². The summed E-state index contributed by atoms with van der Waals surface area (Å²) in [5.41, 5.74) is 4.54. The third-order valence-corrected chi connectivity index (χ3v) is 8.05. The van der Waals surface area contributed by atoms with Gasteiger partial charge < -0.3 is 10.2 Å². The van der Waals surface area contributed by atoms with Crippen molar-refractivity contribution in [2.75, 3.05) is 32.7 Å². The molecule has 184 valence electrons. The highest BCUT2D eigenvalue weighted by Gasteiger charge is 2.30. The number of carbonyl (C=O) groups is 1. The zero-order valence-electron chi connectivity index (χ0n) is 20.5. The van der Waals surface area contributed by atoms with Crippen molar-refractivity contribution >= 4 is 29.1 Å². The monoisotopic (exact) mass is 501 g/mol. The van der Waals surface area contributed by atoms with Crippen LogP contribution in [0.3, 0.4) is 0 Å². The Balaban J connectivity index is 1.42. The van der Waals surface area contributed by atoms with E-state index in [1.807, 2.05) is 18.2 Å². The molecule has 1 unspecified atom stereocenters. The SMILES string of the molecule is Cc1cc(C)cc(CC(=O)NCC(c2ccc(Cl)c(Cl)c2)N2CCC(N3CCCCC3)CC2)c1. The number of hydrogen-bond acceptors (Lipinski definition) is 3. The number of benzene rings is 2. The lowest BCUT2D eigenvalue weighted by atomic mass is 9.96. The number of halogens is 2. The minimum atomic E-state index is 0.0539. The molecule has 0 saturated carbocycles. The lowest BCUT2D eigenvalue weighted by molar-refractivity contribution is -0.120. The largest absolute Gasteiger partial charge is 0.354 e. The number of nitrogens with zero attached hydrogens (tertiary/aromatic N) is 2. The first-order valence-electron chi connectivity index (χ1n) is 12.7. The fourth-order valence-corrected chi connectivity index (χ4v) is 5.96. The van der Waals surface area contributed by atoms with Gasteiger partial charge in [-0.1, -0.05) is 65.0 Å². The summed E-state index contributed by atoms with van der Waals surface area (Å²) in [5.74, 6) is 0.0539. The average molecular weight is 503 g/mol. The van der Waals surface area contributed by atoms with E-state index in [-0.39, 0.29) is 11.9 Å². The quantitative estimate of drug-likeness (QED) is 0.508. The van der Waals surface area contributed by atoms with Crippen molar-refractivity contribution in [1.29, 1.82) is 0 Å². The summed E-state index contributed by atoms with van der Waals surface area (Å²) >= 11 is 12.6. The van der Waals surface area contributed by atoms with Gasteiger partial charge in [0.25, 0.3) is 0 Å². The van der Waals surface area contributed by atoms with Crippen molar-refractivity contribution in [3.63, 3.8) is 0 Å². The number of likely N-dealkylation sites (tertiary alicyclic amines) is 2. The van der Waals surface area contributed by atoms with Crippen LogP contribution >= 0.6 is 23.2 Å². The molecule has 2 aliphatic rings. The lowest BCUT2D eigenvalue weighted by Gasteiger charge is -2.43. The molecule has 2 aromatic rings. The van der Waals surface area contributed by atoms with Crippen molar-refractivity contribution in [2.24, 2.45) is 0 Å². The second kappa shape index (κ2) is 11.9. The van der Waals surface area contributed by atoms with Crippen LogP contribution in [0.2, 0.25) is 10.0 Å². The van der Waals surface area contributed by atoms with Gasteiger partial charge in [0.1, 0.15) is 0 Å². The van der Waals surface area contributed by atoms with Crippen LogP contribution in [0.1, 0.15) is 60.4 Å². The molecule has 0 spiro atoms. The number of amides is 1. The van der Waals surface area contributed by atoms with Gasteiger partial charge in [-0.3, -0.25) is 9.69 Å². The molecule has 34 heavy (non-hydrogen) atoms. The smallest absolute Gasteiger partial charge is 0.224 e. The molecule has 0 aromatic heterocycles. The maximum atomic E-state index is 12.8. The van der Waals surface area contributed by atoms with Crippen LogP contribution in [0.4, 0.5) is 0 Å². The summed E-state index contributed by atoms with van der Waals surface area (Å²) in [6, 6.07) is 13.0. The molecule has 2 saturated heterocycles. The van der Waals surface area contributed by atoms with Gasteiger partial charge in [-0.25, -0.2) is 0 Å². The first-order chi connectivity index (χ1) is 16.4. The van der Waals surface area contributed by atoms with Gasteiger partial charge in [0.05, 0.1) is 22.5 Å². The van der Waals surface area contributed by atoms with Gasteiger partial charge in [-0.05, 0) is 75.9 Å². The molecule has 2 heterocycles. The third kappa shape index (κ3) is 6.75. The zero-order chi connectivity index (χ0) is 24.1. The normalized spacial score (nSPS) is 19.2. The van der Waals surface area contributed by atoms with E-state index in [9.17, 15) is 4.79 Å². The highest BCUT2D eigenvalue weighted by atomic mass is 35.5. The molecule has 1 amide bonds. The second-order valence-corrected chi connectivity index (χ2v) is 10.8. The van der Waals surface area contributed by atoms with Crippen LogP contribution in [0.15, 0.2) is 36.4 Å². The minimum absolute atomic E-state index is 0.0539. The van der Waals surface area contributed by atoms with Crippen LogP contribution in [-0.2, 0) is 11.2 Å². The Morgan fingerprint density at radius 1 is 0.941 bits per heavy atom. The van der Waals surface area contributed by atoms with Crippen LogP contribution in [0, 0.1) is 13.8 Å². The van der Waals surface area contributed by atoms with E-state index in [0.29, 0.717) is 29.1 Å². The molecule has 4 rings (SSSR count). The lowest BCUT2D eigenvalue weighted by Crippen LogP contribution is -2.49. The Morgan fingerprint density at radius 2 is 1.62 bits per heavy atom. The summed E-state index contributed by atoms with van der Waals surface area (Å²) in [6.45, 7) is 9.25. The Hall–Kier alpha value is -1.59. The Labute approximate surface area is 214 Å². The molecule has 0 radical (unpaired) electrons. The van der Waals surface area contributed by atoms with E-state index in [0.717, 1.165) is 24.2 Å². The van der Waals surface area contributed by atoms with Crippen molar-refractivity contribution < 1.29 is 4.79 Å². The highest BCUT2D eigenvalue weighted by Crippen LogP contribution is 2.31. The molecular formula is C28H37Cl2N3O. The molecule has 1 N–H and O–H groups in total. The summed E-state index contributed by atoms with van der Waals surface area (Å²) in [5, 5.41) is 4.33. The first-order valence-corrected chi connectivity index (χ1v) is 13.4. The highest BCUT2D eigenvalue weighted by molar-refractivity contribution is 6.42. The number of rotatable bonds is 7. The fourth-order valence-electron chi connectivity index (χ4n) is 5.65. The Kier molecular flexibility index (Phi) is 8.92. The van der Waals surface area contributed by atoms with E-state index in [2.05, 4.69) is 47.2 Å². The minimum Gasteiger partial charge on any atom is -0.354 e. The molecule has 0 aliphatic carbocycles. The van der Waals surface area contributed by atoms with E-state index in [4.69, 9.17) is 23.2 Å². The zero-order valence-corrected chi connectivity index (χ0v) is 22.0. The second-order valence-electron chi connectivity index (χ2n) is 10.0. The van der Waals surface area contributed by atoms with Gasteiger partial charge >= 0.3 is 0 Å². The molecule has 0 bridgehead atoms. The molecule has 4 nitrogen and oxygen atoms in total. The van der Waals surface area contributed by atoms with Gasteiger partial charge in [0.2, 0.25) is 5.91 Å². The average Bonchev–Trinajstić information content (AvgIpc) is 2.82.